The largest absolute Gasteiger partial charge is 0.416 e. The standard InChI is InChI=1S/C27H28ClF3N6O3S/c1-15(2)17(27(29,30)31)11-20(37(4)23-18(28)7-6-10-32-23)24(39)34-19-9-8-16-12-33-36-22(16)21(19)25(40)35-26(3,13-38)14-41-5/h6-13H,14H2,1-5H3,(H,33,36)(H,34,39)(H,35,40)/b20-11-. The van der Waals surface area contributed by atoms with E-state index in [2.05, 4.69) is 25.8 Å². The summed E-state index contributed by atoms with van der Waals surface area (Å²) in [7, 11) is 1.35. The molecule has 2 heterocycles. The first-order chi connectivity index (χ1) is 19.2. The van der Waals surface area contributed by atoms with Crippen molar-refractivity contribution >= 4 is 63.9 Å². The Kier molecular flexibility index (Phi) is 9.87. The first kappa shape index (κ1) is 31.7. The number of carbonyl (C=O) groups excluding carboxylic acids is 3. The summed E-state index contributed by atoms with van der Waals surface area (Å²) >= 11 is 7.59. The second-order valence-electron chi connectivity index (χ2n) is 9.51. The Morgan fingerprint density at radius 2 is 1.93 bits per heavy atom. The van der Waals surface area contributed by atoms with Crippen LogP contribution in [0.15, 0.2) is 59.6 Å². The number of aromatic amines is 1. The van der Waals surface area contributed by atoms with Crippen molar-refractivity contribution in [2.45, 2.75) is 32.5 Å². The zero-order valence-corrected chi connectivity index (χ0v) is 24.4. The van der Waals surface area contributed by atoms with Crippen LogP contribution in [0.25, 0.3) is 10.9 Å². The number of rotatable bonds is 10. The predicted molar refractivity (Wildman–Crippen MR) is 155 cm³/mol. The number of anilines is 2. The van der Waals surface area contributed by atoms with Gasteiger partial charge in [-0.15, -0.1) is 0 Å². The van der Waals surface area contributed by atoms with Crippen molar-refractivity contribution < 1.29 is 27.6 Å². The van der Waals surface area contributed by atoms with Crippen LogP contribution in [0.1, 0.15) is 31.1 Å². The number of allylic oxidation sites excluding steroid dienone is 3. The van der Waals surface area contributed by atoms with Crippen LogP contribution in [0.5, 0.6) is 0 Å². The van der Waals surface area contributed by atoms with E-state index in [1.807, 2.05) is 0 Å². The van der Waals surface area contributed by atoms with Crippen LogP contribution in [0.4, 0.5) is 24.7 Å². The molecule has 1 aromatic carbocycles. The van der Waals surface area contributed by atoms with Crippen molar-refractivity contribution in [1.82, 2.24) is 20.5 Å². The molecule has 2 amide bonds. The molecule has 0 saturated carbocycles. The maximum atomic E-state index is 13.9. The Bertz CT molecular complexity index is 1530. The molecule has 0 saturated heterocycles. The Balaban J connectivity index is 2.15. The summed E-state index contributed by atoms with van der Waals surface area (Å²) in [5.74, 6) is -1.38. The van der Waals surface area contributed by atoms with Gasteiger partial charge in [0.05, 0.1) is 33.6 Å². The van der Waals surface area contributed by atoms with E-state index >= 15 is 0 Å². The highest BCUT2D eigenvalue weighted by Gasteiger charge is 2.35. The van der Waals surface area contributed by atoms with Gasteiger partial charge in [0.25, 0.3) is 11.8 Å². The summed E-state index contributed by atoms with van der Waals surface area (Å²) in [6, 6.07) is 6.02. The molecule has 0 bridgehead atoms. The number of pyridine rings is 1. The zero-order valence-electron chi connectivity index (χ0n) is 22.8. The molecule has 3 aromatic rings. The van der Waals surface area contributed by atoms with E-state index in [1.54, 1.807) is 19.2 Å². The Labute approximate surface area is 243 Å². The first-order valence-corrected chi connectivity index (χ1v) is 13.9. The minimum absolute atomic E-state index is 0.0289. The van der Waals surface area contributed by atoms with Crippen LogP contribution >= 0.6 is 23.4 Å². The average molecular weight is 609 g/mol. The minimum Gasteiger partial charge on any atom is -0.339 e. The van der Waals surface area contributed by atoms with Crippen molar-refractivity contribution in [3.8, 4) is 0 Å². The molecule has 0 spiro atoms. The first-order valence-electron chi connectivity index (χ1n) is 12.1. The molecule has 1 atom stereocenters. The monoisotopic (exact) mass is 608 g/mol. The zero-order chi connectivity index (χ0) is 30.5. The number of aromatic nitrogens is 3. The third-order valence-electron chi connectivity index (χ3n) is 5.97. The highest BCUT2D eigenvalue weighted by molar-refractivity contribution is 7.98. The topological polar surface area (TPSA) is 120 Å². The lowest BCUT2D eigenvalue weighted by molar-refractivity contribution is -0.113. The molecule has 3 N–H and O–H groups in total. The highest BCUT2D eigenvalue weighted by atomic mass is 35.5. The van der Waals surface area contributed by atoms with Crippen LogP contribution in [-0.2, 0) is 9.59 Å². The minimum atomic E-state index is -4.77. The molecule has 1 unspecified atom stereocenters. The fraction of sp³-hybridized carbons (Fsp3) is 0.296. The highest BCUT2D eigenvalue weighted by Crippen LogP contribution is 2.33. The van der Waals surface area contributed by atoms with Gasteiger partial charge in [0, 0.05) is 24.4 Å². The van der Waals surface area contributed by atoms with E-state index in [-0.39, 0.29) is 38.9 Å². The van der Waals surface area contributed by atoms with Crippen molar-refractivity contribution in [3.05, 3.63) is 70.2 Å². The van der Waals surface area contributed by atoms with Crippen LogP contribution in [0.3, 0.4) is 0 Å². The number of likely N-dealkylation sites (N-methyl/N-ethyl adjacent to an activating group) is 1. The summed E-state index contributed by atoms with van der Waals surface area (Å²) < 4.78 is 41.8. The fourth-order valence-electron chi connectivity index (χ4n) is 3.96. The molecule has 41 heavy (non-hydrogen) atoms. The van der Waals surface area contributed by atoms with Crippen molar-refractivity contribution in [1.29, 1.82) is 0 Å². The third kappa shape index (κ3) is 7.27. The number of H-pyrrole nitrogens is 1. The number of halogens is 4. The number of aldehydes is 1. The summed E-state index contributed by atoms with van der Waals surface area (Å²) in [5.41, 5.74) is -2.63. The van der Waals surface area contributed by atoms with Gasteiger partial charge in [-0.25, -0.2) is 4.98 Å². The Morgan fingerprint density at radius 1 is 1.22 bits per heavy atom. The van der Waals surface area contributed by atoms with Gasteiger partial charge in [0.1, 0.15) is 17.5 Å². The van der Waals surface area contributed by atoms with Gasteiger partial charge < -0.3 is 20.3 Å². The Morgan fingerprint density at radius 3 is 2.51 bits per heavy atom. The average Bonchev–Trinajstić information content (AvgIpc) is 3.36. The molecule has 0 aliphatic rings. The third-order valence-corrected chi connectivity index (χ3v) is 7.16. The lowest BCUT2D eigenvalue weighted by Crippen LogP contribution is -2.49. The van der Waals surface area contributed by atoms with E-state index < -0.39 is 34.8 Å². The van der Waals surface area contributed by atoms with Gasteiger partial charge >= 0.3 is 6.18 Å². The maximum absolute atomic E-state index is 13.9. The lowest BCUT2D eigenvalue weighted by atomic mass is 10.0. The summed E-state index contributed by atoms with van der Waals surface area (Å²) in [6.45, 7) is 4.09. The number of benzene rings is 1. The molecular formula is C27H28ClF3N6O3S. The van der Waals surface area contributed by atoms with Gasteiger partial charge in [0.15, 0.2) is 5.82 Å². The molecule has 2 aromatic heterocycles. The summed E-state index contributed by atoms with van der Waals surface area (Å²) in [6.07, 6.45) is 1.16. The number of hydrogen-bond donors (Lipinski definition) is 3. The summed E-state index contributed by atoms with van der Waals surface area (Å²) in [4.78, 5) is 44.2. The van der Waals surface area contributed by atoms with Crippen molar-refractivity contribution in [3.63, 3.8) is 0 Å². The SMILES string of the molecule is CSCC(C)(C=O)NC(=O)c1c(NC(=O)/C(=C/C(=C(C)C)C(F)(F)F)N(C)c2ncccc2Cl)ccc2cn[nH]c12. The quantitative estimate of drug-likeness (QED) is 0.157. The van der Waals surface area contributed by atoms with E-state index in [4.69, 9.17) is 11.6 Å². The summed E-state index contributed by atoms with van der Waals surface area (Å²) in [5, 5.41) is 12.5. The molecule has 3 rings (SSSR count). The number of fused-ring (bicyclic) bond motifs is 1. The molecule has 0 aliphatic carbocycles. The molecule has 0 aliphatic heterocycles. The number of carbonyl (C=O) groups is 3. The number of amides is 2. The van der Waals surface area contributed by atoms with Gasteiger partial charge in [-0.2, -0.15) is 30.0 Å². The fourth-order valence-corrected chi connectivity index (χ4v) is 4.95. The second kappa shape index (κ2) is 12.8. The lowest BCUT2D eigenvalue weighted by Gasteiger charge is -2.25. The molecule has 218 valence electrons. The van der Waals surface area contributed by atoms with E-state index in [1.165, 1.54) is 63.2 Å². The Hall–Kier alpha value is -3.84. The maximum Gasteiger partial charge on any atom is 0.416 e. The van der Waals surface area contributed by atoms with Gasteiger partial charge in [0.2, 0.25) is 0 Å². The van der Waals surface area contributed by atoms with E-state index in [9.17, 15) is 27.6 Å². The van der Waals surface area contributed by atoms with E-state index in [0.717, 1.165) is 4.90 Å². The number of nitrogens with one attached hydrogen (secondary N) is 3. The van der Waals surface area contributed by atoms with Crippen LogP contribution < -0.4 is 15.5 Å². The number of nitrogens with zero attached hydrogens (tertiary/aromatic N) is 3. The molecule has 14 heteroatoms. The molecular weight excluding hydrogens is 581 g/mol. The van der Waals surface area contributed by atoms with E-state index in [0.29, 0.717) is 17.7 Å². The van der Waals surface area contributed by atoms with Gasteiger partial charge in [-0.05, 0) is 57.4 Å². The number of thioether (sulfide) groups is 1. The van der Waals surface area contributed by atoms with Crippen molar-refractivity contribution in [2.75, 3.05) is 29.3 Å². The molecule has 0 radical (unpaired) electrons. The van der Waals surface area contributed by atoms with Crippen LogP contribution in [-0.4, -0.2) is 64.1 Å². The predicted octanol–water partition coefficient (Wildman–Crippen LogP) is 5.52. The van der Waals surface area contributed by atoms with Crippen molar-refractivity contribution in [2.24, 2.45) is 0 Å². The molecule has 0 fully saturated rings. The van der Waals surface area contributed by atoms with Gasteiger partial charge in [-0.1, -0.05) is 17.2 Å². The number of hydrogen-bond acceptors (Lipinski definition) is 7. The second-order valence-corrected chi connectivity index (χ2v) is 10.8. The molecule has 9 nitrogen and oxygen atoms in total. The van der Waals surface area contributed by atoms with Gasteiger partial charge in [-0.3, -0.25) is 14.7 Å². The van der Waals surface area contributed by atoms with Crippen LogP contribution in [0, 0.1) is 0 Å². The van der Waals surface area contributed by atoms with Crippen LogP contribution in [0.2, 0.25) is 5.02 Å². The number of alkyl halides is 3. The normalized spacial score (nSPS) is 13.3. The smallest absolute Gasteiger partial charge is 0.339 e.